The molecule has 0 bridgehead atoms. The van der Waals surface area contributed by atoms with Gasteiger partial charge in [0, 0.05) is 52.4 Å². The molecule has 0 amide bonds. The summed E-state index contributed by atoms with van der Waals surface area (Å²) in [6, 6.07) is 0. The second kappa shape index (κ2) is 16.3. The Labute approximate surface area is 200 Å². The minimum absolute atomic E-state index is 0. The van der Waals surface area contributed by atoms with Crippen molar-refractivity contribution < 1.29 is 65.8 Å². The maximum absolute atomic E-state index is 11.1. The van der Waals surface area contributed by atoms with Gasteiger partial charge in [-0.3, -0.25) is 38.8 Å². The van der Waals surface area contributed by atoms with E-state index in [4.69, 9.17) is 20.4 Å². The van der Waals surface area contributed by atoms with Crippen molar-refractivity contribution in [3.05, 3.63) is 0 Å². The quantitative estimate of drug-likeness (QED) is 0.288. The molecule has 1 rings (SSSR count). The predicted octanol–water partition coefficient (Wildman–Crippen LogP) is -1.68. The van der Waals surface area contributed by atoms with Crippen molar-refractivity contribution in [3.8, 4) is 0 Å². The van der Waals surface area contributed by atoms with Crippen LogP contribution in [0.4, 0.5) is 0 Å². The number of nitrogens with zero attached hydrogens (tertiary/aromatic N) is 4. The third kappa shape index (κ3) is 15.1. The monoisotopic (exact) mass is 521 g/mol. The minimum atomic E-state index is -0.979. The molecule has 0 aromatic carbocycles. The van der Waals surface area contributed by atoms with Gasteiger partial charge in [-0.2, -0.15) is 0 Å². The predicted molar refractivity (Wildman–Crippen MR) is 106 cm³/mol. The van der Waals surface area contributed by atoms with Crippen LogP contribution in [-0.4, -0.2) is 142 Å². The first-order valence-corrected chi connectivity index (χ1v) is 9.92. The molecule has 0 atom stereocenters. The van der Waals surface area contributed by atoms with Gasteiger partial charge in [0.15, 0.2) is 0 Å². The Hall–Kier alpha value is -1.40. The Morgan fingerprint density at radius 1 is 0.452 bits per heavy atom. The molecular weight excluding hydrogens is 489 g/mol. The van der Waals surface area contributed by atoms with E-state index in [1.54, 1.807) is 19.6 Å². The standard InChI is InChI=1S/C18H32N4O8.Zr/c23-15(24)11-19-3-1-4-20(12-16(25)26)8-10-22(14-18(29)30)6-2-5-21(9-7-19)13-17(27)28;/h1-14H2,(H,23,24)(H,25,26)(H,27,28)(H,29,30);/q;+4/i;1-2. The molecule has 0 aliphatic carbocycles. The van der Waals surface area contributed by atoms with E-state index in [0.29, 0.717) is 65.2 Å². The van der Waals surface area contributed by atoms with Gasteiger partial charge in [0.1, 0.15) is 0 Å². The SMILES string of the molecule is O=C(O)CN1CCCN(CC(=O)O)CCN(CC(=O)O)CCCN(CC(=O)O)CC1.[89Zr+4]. The molecule has 1 saturated heterocycles. The van der Waals surface area contributed by atoms with E-state index in [-0.39, 0.29) is 52.4 Å². The van der Waals surface area contributed by atoms with E-state index < -0.39 is 23.9 Å². The van der Waals surface area contributed by atoms with Gasteiger partial charge >= 0.3 is 50.1 Å². The Bertz CT molecular complexity index is 497. The minimum Gasteiger partial charge on any atom is -0.480 e. The molecule has 31 heavy (non-hydrogen) atoms. The fraction of sp³-hybridized carbons (Fsp3) is 0.778. The zero-order valence-electron chi connectivity index (χ0n) is 17.6. The number of rotatable bonds is 8. The van der Waals surface area contributed by atoms with Crippen LogP contribution in [-0.2, 0) is 45.4 Å². The van der Waals surface area contributed by atoms with Gasteiger partial charge < -0.3 is 20.4 Å². The van der Waals surface area contributed by atoms with E-state index in [9.17, 15) is 19.2 Å². The van der Waals surface area contributed by atoms with Gasteiger partial charge in [-0.05, 0) is 12.8 Å². The Balaban J connectivity index is 0.00000900. The molecule has 4 N–H and O–H groups in total. The molecule has 13 heteroatoms. The molecule has 172 valence electrons. The topological polar surface area (TPSA) is 162 Å². The second-order valence-electron chi connectivity index (χ2n) is 7.39. The van der Waals surface area contributed by atoms with Crippen molar-refractivity contribution in [1.29, 1.82) is 0 Å². The summed E-state index contributed by atoms with van der Waals surface area (Å²) in [7, 11) is 0. The van der Waals surface area contributed by atoms with Crippen molar-refractivity contribution >= 4 is 23.9 Å². The molecule has 1 aliphatic rings. The summed E-state index contributed by atoms with van der Waals surface area (Å²) in [5.41, 5.74) is 0. The molecular formula is C18H32N4O8Zr+4. The van der Waals surface area contributed by atoms with E-state index >= 15 is 0 Å². The first kappa shape index (κ1) is 29.6. The molecule has 0 aromatic rings. The zero-order valence-corrected chi connectivity index (χ0v) is 20.1. The van der Waals surface area contributed by atoms with Gasteiger partial charge in [0.25, 0.3) is 0 Å². The van der Waals surface area contributed by atoms with Crippen LogP contribution in [0, 0.1) is 0 Å². The largest absolute Gasteiger partial charge is 4.00 e. The smallest absolute Gasteiger partial charge is 0.480 e. The van der Waals surface area contributed by atoms with E-state index in [2.05, 4.69) is 0 Å². The first-order valence-electron chi connectivity index (χ1n) is 9.92. The van der Waals surface area contributed by atoms with Crippen LogP contribution in [0.1, 0.15) is 12.8 Å². The molecule has 0 unspecified atom stereocenters. The Morgan fingerprint density at radius 2 is 0.645 bits per heavy atom. The zero-order chi connectivity index (χ0) is 22.5. The molecule has 0 saturated carbocycles. The fourth-order valence-corrected chi connectivity index (χ4v) is 3.45. The summed E-state index contributed by atoms with van der Waals surface area (Å²) in [6.07, 6.45) is 1.08. The van der Waals surface area contributed by atoms with Crippen LogP contribution in [0.15, 0.2) is 0 Å². The molecule has 1 aliphatic heterocycles. The van der Waals surface area contributed by atoms with Crippen LogP contribution in [0.3, 0.4) is 0 Å². The maximum atomic E-state index is 11.1. The fourth-order valence-electron chi connectivity index (χ4n) is 3.45. The van der Waals surface area contributed by atoms with Crippen LogP contribution in [0.25, 0.3) is 0 Å². The van der Waals surface area contributed by atoms with Gasteiger partial charge in [-0.25, -0.2) is 0 Å². The maximum Gasteiger partial charge on any atom is 4.00 e. The number of hydrogen-bond donors (Lipinski definition) is 4. The average molecular weight is 521 g/mol. The number of aliphatic carboxylic acids is 4. The Kier molecular flexibility index (Phi) is 15.5. The normalized spacial score (nSPS) is 19.1. The molecule has 12 nitrogen and oxygen atoms in total. The van der Waals surface area contributed by atoms with Gasteiger partial charge in [-0.1, -0.05) is 0 Å². The second-order valence-corrected chi connectivity index (χ2v) is 7.39. The summed E-state index contributed by atoms with van der Waals surface area (Å²) in [4.78, 5) is 51.5. The van der Waals surface area contributed by atoms with E-state index in [1.807, 2.05) is 0 Å². The van der Waals surface area contributed by atoms with E-state index in [0.717, 1.165) is 0 Å². The summed E-state index contributed by atoms with van der Waals surface area (Å²) in [5, 5.41) is 36.5. The number of carboxylic acids is 4. The van der Waals surface area contributed by atoms with Gasteiger partial charge in [0.05, 0.1) is 26.2 Å². The van der Waals surface area contributed by atoms with E-state index in [1.165, 1.54) is 0 Å². The van der Waals surface area contributed by atoms with Crippen molar-refractivity contribution in [1.82, 2.24) is 19.6 Å². The number of carbonyl (C=O) groups is 4. The number of hydrogen-bond acceptors (Lipinski definition) is 8. The summed E-state index contributed by atoms with van der Waals surface area (Å²) >= 11 is 0. The van der Waals surface area contributed by atoms with Crippen molar-refractivity contribution in [3.63, 3.8) is 0 Å². The van der Waals surface area contributed by atoms with Crippen molar-refractivity contribution in [2.45, 2.75) is 12.8 Å². The summed E-state index contributed by atoms with van der Waals surface area (Å²) < 4.78 is 0. The third-order valence-corrected chi connectivity index (χ3v) is 4.80. The van der Waals surface area contributed by atoms with Gasteiger partial charge in [0.2, 0.25) is 0 Å². The Morgan fingerprint density at radius 3 is 0.806 bits per heavy atom. The first-order chi connectivity index (χ1) is 14.2. The van der Waals surface area contributed by atoms with Crippen LogP contribution in [0.5, 0.6) is 0 Å². The van der Waals surface area contributed by atoms with Crippen LogP contribution < -0.4 is 0 Å². The molecule has 0 radical (unpaired) electrons. The molecule has 1 heterocycles. The average Bonchev–Trinajstić information content (AvgIpc) is 2.60. The van der Waals surface area contributed by atoms with Crippen molar-refractivity contribution in [2.75, 3.05) is 78.5 Å². The summed E-state index contributed by atoms with van der Waals surface area (Å²) in [5.74, 6) is -3.92. The third-order valence-electron chi connectivity index (χ3n) is 4.80. The van der Waals surface area contributed by atoms with Crippen LogP contribution in [0.2, 0.25) is 0 Å². The summed E-state index contributed by atoms with van der Waals surface area (Å²) in [6.45, 7) is 2.52. The van der Waals surface area contributed by atoms with Crippen molar-refractivity contribution in [2.24, 2.45) is 0 Å². The van der Waals surface area contributed by atoms with Gasteiger partial charge in [-0.15, -0.1) is 0 Å². The molecule has 0 spiro atoms. The number of carboxylic acid groups (broad SMARTS) is 4. The molecule has 1 fully saturated rings. The molecule has 0 aromatic heterocycles. The van der Waals surface area contributed by atoms with Crippen LogP contribution >= 0.6 is 0 Å².